The van der Waals surface area contributed by atoms with Gasteiger partial charge in [-0.05, 0) is 6.92 Å². The molecule has 0 saturated heterocycles. The Kier molecular flexibility index (Phi) is 2.92. The van der Waals surface area contributed by atoms with Crippen LogP contribution in [-0.4, -0.2) is 17.5 Å². The van der Waals surface area contributed by atoms with Gasteiger partial charge in [0.15, 0.2) is 5.83 Å². The Morgan fingerprint density at radius 1 is 1.50 bits per heavy atom. The molecule has 0 fully saturated rings. The van der Waals surface area contributed by atoms with Gasteiger partial charge in [-0.15, -0.1) is 0 Å². The summed E-state index contributed by atoms with van der Waals surface area (Å²) in [5, 5.41) is 7.97. The highest BCUT2D eigenvalue weighted by Gasteiger charge is 2.17. The molecule has 0 amide bonds. The molecule has 0 bridgehead atoms. The van der Waals surface area contributed by atoms with Crippen LogP contribution in [0, 0.1) is 0 Å². The van der Waals surface area contributed by atoms with Crippen LogP contribution in [0.1, 0.15) is 6.92 Å². The van der Waals surface area contributed by atoms with Gasteiger partial charge in [0, 0.05) is 0 Å². The van der Waals surface area contributed by atoms with Crippen molar-refractivity contribution in [3.05, 3.63) is 11.4 Å². The highest BCUT2D eigenvalue weighted by Crippen LogP contribution is 2.14. The predicted molar refractivity (Wildman–Crippen MR) is 27.4 cm³/mol. The number of aliphatic carboxylic acids is 1. The van der Waals surface area contributed by atoms with Gasteiger partial charge < -0.3 is 5.11 Å². The maximum absolute atomic E-state index is 11.9. The lowest BCUT2D eigenvalue weighted by Crippen LogP contribution is -2.03. The summed E-state index contributed by atoms with van der Waals surface area (Å²) in [6.45, 7) is 0.782. The normalized spacial score (nSPS) is 13.3. The Balaban J connectivity index is 4.50. The smallest absolute Gasteiger partial charge is 0.334 e. The van der Waals surface area contributed by atoms with E-state index in [0.717, 1.165) is 6.92 Å². The molecule has 2 nitrogen and oxygen atoms in total. The van der Waals surface area contributed by atoms with Gasteiger partial charge >= 0.3 is 5.97 Å². The number of hydrogen-bond donors (Lipinski definition) is 1. The van der Waals surface area contributed by atoms with Gasteiger partial charge in [-0.3, -0.25) is 0 Å². The van der Waals surface area contributed by atoms with Crippen molar-refractivity contribution in [1.29, 1.82) is 0 Å². The van der Waals surface area contributed by atoms with E-state index in [2.05, 4.69) is 0 Å². The lowest BCUT2D eigenvalue weighted by Gasteiger charge is -1.96. The molecule has 10 heavy (non-hydrogen) atoms. The first-order chi connectivity index (χ1) is 4.46. The molecule has 0 aliphatic carbocycles. The third kappa shape index (κ3) is 2.08. The third-order valence-corrected chi connectivity index (χ3v) is 0.871. The van der Waals surface area contributed by atoms with E-state index < -0.39 is 23.8 Å². The fourth-order valence-corrected chi connectivity index (χ4v) is 0.266. The van der Waals surface area contributed by atoms with Crippen molar-refractivity contribution in [1.82, 2.24) is 0 Å². The molecule has 0 aliphatic heterocycles. The number of carboxylic acid groups (broad SMARTS) is 1. The van der Waals surface area contributed by atoms with Crippen molar-refractivity contribution >= 4 is 5.97 Å². The van der Waals surface area contributed by atoms with Crippen molar-refractivity contribution in [3.8, 4) is 0 Å². The number of rotatable bonds is 2. The molecule has 0 heterocycles. The van der Waals surface area contributed by atoms with Crippen LogP contribution in [0.25, 0.3) is 0 Å². The van der Waals surface area contributed by atoms with Crippen LogP contribution in [0.4, 0.5) is 13.2 Å². The first kappa shape index (κ1) is 9.00. The van der Waals surface area contributed by atoms with Crippen LogP contribution in [0.3, 0.4) is 0 Å². The first-order valence-corrected chi connectivity index (χ1v) is 2.34. The van der Waals surface area contributed by atoms with Crippen LogP contribution in [-0.2, 0) is 4.79 Å². The second-order valence-electron chi connectivity index (χ2n) is 1.58. The fraction of sp³-hybridized carbons (Fsp3) is 0.400. The van der Waals surface area contributed by atoms with Gasteiger partial charge in [-0.1, -0.05) is 0 Å². The maximum Gasteiger partial charge on any atom is 0.334 e. The molecule has 0 spiro atoms. The Bertz CT molecular complexity index is 174. The minimum atomic E-state index is -3.34. The monoisotopic (exact) mass is 154 g/mol. The number of hydrogen-bond acceptors (Lipinski definition) is 1. The zero-order chi connectivity index (χ0) is 8.31. The Morgan fingerprint density at radius 3 is 2.00 bits per heavy atom. The molecule has 0 rings (SSSR count). The zero-order valence-electron chi connectivity index (χ0n) is 5.07. The molecule has 0 radical (unpaired) electrons. The van der Waals surface area contributed by atoms with Gasteiger partial charge in [-0.25, -0.2) is 18.0 Å². The van der Waals surface area contributed by atoms with Crippen molar-refractivity contribution in [2.24, 2.45) is 0 Å². The summed E-state index contributed by atoms with van der Waals surface area (Å²) >= 11 is 0. The van der Waals surface area contributed by atoms with E-state index in [-0.39, 0.29) is 0 Å². The summed E-state index contributed by atoms with van der Waals surface area (Å²) in [5.41, 5.74) is -0.949. The SMILES string of the molecule is C/C(C(=O)O)=C(\F)C(F)F. The Morgan fingerprint density at radius 2 is 1.90 bits per heavy atom. The summed E-state index contributed by atoms with van der Waals surface area (Å²) in [7, 11) is 0. The second kappa shape index (κ2) is 3.24. The maximum atomic E-state index is 11.9. The van der Waals surface area contributed by atoms with Crippen molar-refractivity contribution < 1.29 is 23.1 Å². The number of allylic oxidation sites excluding steroid dienone is 1. The van der Waals surface area contributed by atoms with Crippen molar-refractivity contribution in [2.45, 2.75) is 13.3 Å². The van der Waals surface area contributed by atoms with Gasteiger partial charge in [0.25, 0.3) is 6.43 Å². The van der Waals surface area contributed by atoms with E-state index in [1.165, 1.54) is 0 Å². The molecular weight excluding hydrogens is 149 g/mol. The summed E-state index contributed by atoms with van der Waals surface area (Å²) in [6.07, 6.45) is -3.34. The van der Waals surface area contributed by atoms with E-state index >= 15 is 0 Å². The average Bonchev–Trinajstić information content (AvgIpc) is 1.84. The van der Waals surface area contributed by atoms with Crippen LogP contribution in [0.15, 0.2) is 11.4 Å². The fourth-order valence-electron chi connectivity index (χ4n) is 0.266. The number of carboxylic acids is 1. The second-order valence-corrected chi connectivity index (χ2v) is 1.58. The van der Waals surface area contributed by atoms with Gasteiger partial charge in [-0.2, -0.15) is 0 Å². The Hall–Kier alpha value is -1.00. The Labute approximate surface area is 55.0 Å². The van der Waals surface area contributed by atoms with E-state index in [0.29, 0.717) is 0 Å². The minimum Gasteiger partial charge on any atom is -0.478 e. The van der Waals surface area contributed by atoms with Crippen LogP contribution in [0.2, 0.25) is 0 Å². The molecule has 0 aliphatic rings. The molecule has 0 saturated carbocycles. The molecule has 58 valence electrons. The lowest BCUT2D eigenvalue weighted by atomic mass is 10.3. The number of carbonyl (C=O) groups is 1. The van der Waals surface area contributed by atoms with Crippen LogP contribution < -0.4 is 0 Å². The average molecular weight is 154 g/mol. The molecule has 0 atom stereocenters. The lowest BCUT2D eigenvalue weighted by molar-refractivity contribution is -0.132. The molecular formula is C5H5F3O2. The zero-order valence-corrected chi connectivity index (χ0v) is 5.07. The molecule has 5 heteroatoms. The minimum absolute atomic E-state index is 0.782. The number of halogens is 3. The summed E-state index contributed by atoms with van der Waals surface area (Å²) < 4.78 is 34.6. The summed E-state index contributed by atoms with van der Waals surface area (Å²) in [5.74, 6) is -3.55. The van der Waals surface area contributed by atoms with Gasteiger partial charge in [0.2, 0.25) is 0 Å². The first-order valence-electron chi connectivity index (χ1n) is 2.34. The van der Waals surface area contributed by atoms with Crippen molar-refractivity contribution in [3.63, 3.8) is 0 Å². The predicted octanol–water partition coefficient (Wildman–Crippen LogP) is 1.58. The standard InChI is InChI=1S/C5H5F3O2/c1-2(5(9)10)3(6)4(7)8/h4H,1H3,(H,9,10)/b3-2+. The van der Waals surface area contributed by atoms with Gasteiger partial charge in [0.1, 0.15) is 0 Å². The number of alkyl halides is 2. The summed E-state index contributed by atoms with van der Waals surface area (Å²) in [6, 6.07) is 0. The highest BCUT2D eigenvalue weighted by atomic mass is 19.3. The molecule has 0 aromatic rings. The topological polar surface area (TPSA) is 37.3 Å². The quantitative estimate of drug-likeness (QED) is 0.613. The van der Waals surface area contributed by atoms with E-state index in [4.69, 9.17) is 5.11 Å². The molecule has 1 N–H and O–H groups in total. The largest absolute Gasteiger partial charge is 0.478 e. The molecule has 0 aromatic heterocycles. The van der Waals surface area contributed by atoms with E-state index in [1.807, 2.05) is 0 Å². The van der Waals surface area contributed by atoms with E-state index in [1.54, 1.807) is 0 Å². The molecule has 0 aromatic carbocycles. The van der Waals surface area contributed by atoms with Crippen LogP contribution in [0.5, 0.6) is 0 Å². The van der Waals surface area contributed by atoms with E-state index in [9.17, 15) is 18.0 Å². The van der Waals surface area contributed by atoms with Gasteiger partial charge in [0.05, 0.1) is 5.57 Å². The highest BCUT2D eigenvalue weighted by molar-refractivity contribution is 5.86. The third-order valence-electron chi connectivity index (χ3n) is 0.871. The van der Waals surface area contributed by atoms with Crippen molar-refractivity contribution in [2.75, 3.05) is 0 Å². The van der Waals surface area contributed by atoms with Crippen LogP contribution >= 0.6 is 0 Å². The molecule has 0 unspecified atom stereocenters. The summed E-state index contributed by atoms with van der Waals surface area (Å²) in [4.78, 5) is 9.81.